The van der Waals surface area contributed by atoms with Gasteiger partial charge in [-0.3, -0.25) is 0 Å². The van der Waals surface area contributed by atoms with Crippen LogP contribution in [0.3, 0.4) is 0 Å². The summed E-state index contributed by atoms with van der Waals surface area (Å²) in [5.41, 5.74) is 0. The second-order valence-electron chi connectivity index (χ2n) is 3.00. The highest BCUT2D eigenvalue weighted by molar-refractivity contribution is 6.32. The van der Waals surface area contributed by atoms with Crippen LogP contribution in [0.4, 0.5) is 26.3 Å². The van der Waals surface area contributed by atoms with Crippen LogP contribution in [0.5, 0.6) is 5.75 Å². The fourth-order valence-electron chi connectivity index (χ4n) is 0.916. The Hall–Kier alpha value is -1.11. The summed E-state index contributed by atoms with van der Waals surface area (Å²) in [6.45, 7) is 0. The second-order valence-corrected chi connectivity index (χ2v) is 3.41. The fourth-order valence-corrected chi connectivity index (χ4v) is 1.09. The maximum absolute atomic E-state index is 12.8. The lowest BCUT2D eigenvalue weighted by Crippen LogP contribution is -2.45. The van der Waals surface area contributed by atoms with Crippen molar-refractivity contribution < 1.29 is 31.1 Å². The predicted octanol–water partition coefficient (Wildman–Crippen LogP) is 4.21. The molecule has 1 aromatic rings. The first-order chi connectivity index (χ1) is 7.64. The van der Waals surface area contributed by atoms with Gasteiger partial charge >= 0.3 is 12.3 Å². The number of benzene rings is 1. The molecule has 0 aromatic heterocycles. The molecule has 0 aliphatic rings. The highest BCUT2D eigenvalue weighted by atomic mass is 35.5. The minimum Gasteiger partial charge on any atom is -0.429 e. The molecule has 8 heteroatoms. The Bertz CT molecular complexity index is 391. The molecule has 1 nitrogen and oxygen atoms in total. The lowest BCUT2D eigenvalue weighted by Gasteiger charge is -2.23. The second kappa shape index (κ2) is 4.64. The van der Waals surface area contributed by atoms with Gasteiger partial charge in [-0.05, 0) is 12.1 Å². The number of para-hydroxylation sites is 1. The Labute approximate surface area is 96.9 Å². The number of rotatable bonds is 3. The standard InChI is InChI=1S/C9H5ClF6O/c10-5-3-1-2-4-6(5)17-9(15,16)7(11)8(12,13)14/h1-4,7H. The van der Waals surface area contributed by atoms with Crippen LogP contribution in [-0.4, -0.2) is 18.5 Å². The molecule has 0 aliphatic heterocycles. The summed E-state index contributed by atoms with van der Waals surface area (Å²) in [4.78, 5) is 0. The summed E-state index contributed by atoms with van der Waals surface area (Å²) in [6, 6.07) is 4.58. The number of ether oxygens (including phenoxy) is 1. The van der Waals surface area contributed by atoms with Gasteiger partial charge in [-0.15, -0.1) is 0 Å². The zero-order chi connectivity index (χ0) is 13.3. The first-order valence-corrected chi connectivity index (χ1v) is 4.54. The van der Waals surface area contributed by atoms with Gasteiger partial charge in [-0.2, -0.15) is 22.0 Å². The van der Waals surface area contributed by atoms with Crippen molar-refractivity contribution in [1.29, 1.82) is 0 Å². The third kappa shape index (κ3) is 3.42. The molecular weight excluding hydrogens is 274 g/mol. The molecule has 17 heavy (non-hydrogen) atoms. The molecule has 0 fully saturated rings. The topological polar surface area (TPSA) is 9.23 Å². The van der Waals surface area contributed by atoms with Gasteiger partial charge in [0.1, 0.15) is 5.75 Å². The van der Waals surface area contributed by atoms with Crippen LogP contribution in [0.1, 0.15) is 0 Å². The van der Waals surface area contributed by atoms with Gasteiger partial charge in [-0.1, -0.05) is 23.7 Å². The number of hydrogen-bond donors (Lipinski definition) is 0. The molecule has 0 saturated heterocycles. The van der Waals surface area contributed by atoms with E-state index in [-0.39, 0.29) is 5.02 Å². The van der Waals surface area contributed by atoms with E-state index < -0.39 is 24.2 Å². The Morgan fingerprint density at radius 2 is 1.59 bits per heavy atom. The maximum atomic E-state index is 12.8. The van der Waals surface area contributed by atoms with E-state index in [1.165, 1.54) is 12.1 Å². The van der Waals surface area contributed by atoms with Gasteiger partial charge in [0.05, 0.1) is 5.02 Å². The van der Waals surface area contributed by atoms with Crippen molar-refractivity contribution in [3.8, 4) is 5.75 Å². The van der Waals surface area contributed by atoms with Gasteiger partial charge < -0.3 is 4.74 Å². The Balaban J connectivity index is 2.90. The van der Waals surface area contributed by atoms with E-state index >= 15 is 0 Å². The molecule has 0 saturated carbocycles. The molecule has 0 bridgehead atoms. The smallest absolute Gasteiger partial charge is 0.429 e. The fraction of sp³-hybridized carbons (Fsp3) is 0.333. The average Bonchev–Trinajstić information content (AvgIpc) is 2.19. The van der Waals surface area contributed by atoms with Crippen molar-refractivity contribution in [3.63, 3.8) is 0 Å². The summed E-state index contributed by atoms with van der Waals surface area (Å²) in [5.74, 6) is -0.730. The lowest BCUT2D eigenvalue weighted by atomic mass is 10.3. The van der Waals surface area contributed by atoms with Crippen molar-refractivity contribution in [2.45, 2.75) is 18.5 Å². The molecule has 0 N–H and O–H groups in total. The molecule has 1 unspecified atom stereocenters. The monoisotopic (exact) mass is 278 g/mol. The number of hydrogen-bond acceptors (Lipinski definition) is 1. The molecule has 1 aromatic carbocycles. The van der Waals surface area contributed by atoms with Gasteiger partial charge in [0, 0.05) is 0 Å². The molecule has 0 spiro atoms. The van der Waals surface area contributed by atoms with Gasteiger partial charge in [0.2, 0.25) is 0 Å². The summed E-state index contributed by atoms with van der Waals surface area (Å²) < 4.78 is 77.1. The molecule has 1 atom stereocenters. The predicted molar refractivity (Wildman–Crippen MR) is 48.0 cm³/mol. The van der Waals surface area contributed by atoms with E-state index in [2.05, 4.69) is 4.74 Å². The summed E-state index contributed by atoms with van der Waals surface area (Å²) in [5, 5.41) is -0.346. The summed E-state index contributed by atoms with van der Waals surface area (Å²) >= 11 is 5.39. The minimum absolute atomic E-state index is 0.346. The Morgan fingerprint density at radius 3 is 2.06 bits per heavy atom. The average molecular weight is 279 g/mol. The quantitative estimate of drug-likeness (QED) is 0.753. The molecule has 0 heterocycles. The van der Waals surface area contributed by atoms with Crippen LogP contribution in [0.15, 0.2) is 24.3 Å². The van der Waals surface area contributed by atoms with Crippen LogP contribution in [0.2, 0.25) is 5.02 Å². The highest BCUT2D eigenvalue weighted by Crippen LogP contribution is 2.38. The van der Waals surface area contributed by atoms with Crippen LogP contribution in [-0.2, 0) is 0 Å². The lowest BCUT2D eigenvalue weighted by molar-refractivity contribution is -0.304. The zero-order valence-electron chi connectivity index (χ0n) is 7.94. The van der Waals surface area contributed by atoms with Crippen molar-refractivity contribution >= 4 is 11.6 Å². The van der Waals surface area contributed by atoms with Gasteiger partial charge in [0.15, 0.2) is 0 Å². The van der Waals surface area contributed by atoms with E-state index in [0.717, 1.165) is 12.1 Å². The van der Waals surface area contributed by atoms with E-state index in [9.17, 15) is 26.3 Å². The van der Waals surface area contributed by atoms with Crippen LogP contribution >= 0.6 is 11.6 Å². The van der Waals surface area contributed by atoms with E-state index in [0.29, 0.717) is 0 Å². The van der Waals surface area contributed by atoms with E-state index in [1.807, 2.05) is 0 Å². The largest absolute Gasteiger partial charge is 0.439 e. The van der Waals surface area contributed by atoms with Crippen LogP contribution in [0, 0.1) is 0 Å². The summed E-state index contributed by atoms with van der Waals surface area (Å²) in [7, 11) is 0. The molecule has 0 amide bonds. The zero-order valence-corrected chi connectivity index (χ0v) is 8.70. The molecule has 96 valence electrons. The van der Waals surface area contributed by atoms with Gasteiger partial charge in [-0.25, -0.2) is 4.39 Å². The van der Waals surface area contributed by atoms with Crippen LogP contribution < -0.4 is 4.74 Å². The van der Waals surface area contributed by atoms with Crippen molar-refractivity contribution in [2.75, 3.05) is 0 Å². The van der Waals surface area contributed by atoms with E-state index in [1.54, 1.807) is 0 Å². The molecule has 0 aliphatic carbocycles. The minimum atomic E-state index is -5.72. The molecule has 0 radical (unpaired) electrons. The van der Waals surface area contributed by atoms with Crippen molar-refractivity contribution in [1.82, 2.24) is 0 Å². The SMILES string of the molecule is FC(C(F)(F)F)C(F)(F)Oc1ccccc1Cl. The van der Waals surface area contributed by atoms with E-state index in [4.69, 9.17) is 11.6 Å². The highest BCUT2D eigenvalue weighted by Gasteiger charge is 2.59. The first-order valence-electron chi connectivity index (χ1n) is 4.17. The number of alkyl halides is 6. The maximum Gasteiger partial charge on any atom is 0.439 e. The first kappa shape index (κ1) is 14.0. The molecule has 1 rings (SSSR count). The third-order valence-electron chi connectivity index (χ3n) is 1.67. The number of halogens is 7. The Morgan fingerprint density at radius 1 is 1.06 bits per heavy atom. The van der Waals surface area contributed by atoms with Gasteiger partial charge in [0.25, 0.3) is 6.17 Å². The molecular formula is C9H5ClF6O. The third-order valence-corrected chi connectivity index (χ3v) is 1.98. The van der Waals surface area contributed by atoms with Crippen molar-refractivity contribution in [3.05, 3.63) is 29.3 Å². The van der Waals surface area contributed by atoms with Crippen LogP contribution in [0.25, 0.3) is 0 Å². The Kier molecular flexibility index (Phi) is 3.81. The van der Waals surface area contributed by atoms with Crippen molar-refractivity contribution in [2.24, 2.45) is 0 Å². The summed E-state index contributed by atoms with van der Waals surface area (Å²) in [6.07, 6.45) is -15.2. The normalized spacial score (nSPS) is 14.5.